The smallest absolute Gasteiger partial charge is 0.349 e. The van der Waals surface area contributed by atoms with Crippen LogP contribution < -0.4 is 0 Å². The maximum atomic E-state index is 10.8. The van der Waals surface area contributed by atoms with E-state index >= 15 is 0 Å². The highest BCUT2D eigenvalue weighted by atomic mass is 32.1. The van der Waals surface area contributed by atoms with Gasteiger partial charge >= 0.3 is 5.88 Å². The first-order valence-corrected chi connectivity index (χ1v) is 18.5. The minimum absolute atomic E-state index is 0.0287. The monoisotopic (exact) mass is 684 g/mol. The average Bonchev–Trinajstić information content (AvgIpc) is 3.94. The molecule has 0 radical (unpaired) electrons. The predicted octanol–water partition coefficient (Wildman–Crippen LogP) is 11.9. The molecule has 2 aliphatic carbocycles. The molecule has 0 aliphatic heterocycles. The van der Waals surface area contributed by atoms with Crippen molar-refractivity contribution in [2.24, 2.45) is 0 Å². The van der Waals surface area contributed by atoms with Crippen LogP contribution in [0.25, 0.3) is 70.1 Å². The summed E-state index contributed by atoms with van der Waals surface area (Å²) in [4.78, 5) is 18.5. The highest BCUT2D eigenvalue weighted by molar-refractivity contribution is 7.24. The normalized spacial score (nSPS) is 14.3. The molecule has 0 saturated heterocycles. The molecule has 6 heteroatoms. The van der Waals surface area contributed by atoms with Crippen molar-refractivity contribution in [3.05, 3.63) is 154 Å². The summed E-state index contributed by atoms with van der Waals surface area (Å²) in [6.07, 6.45) is 4.81. The fraction of sp³-hybridized carbons (Fsp3) is 0.136. The quantitative estimate of drug-likeness (QED) is 0.0952. The molecule has 50 heavy (non-hydrogen) atoms. The van der Waals surface area contributed by atoms with Crippen molar-refractivity contribution in [3.8, 4) is 48.3 Å². The lowest BCUT2D eigenvalue weighted by Crippen LogP contribution is -2.15. The molecule has 0 spiro atoms. The van der Waals surface area contributed by atoms with Crippen LogP contribution in [0.15, 0.2) is 115 Å². The van der Waals surface area contributed by atoms with E-state index in [4.69, 9.17) is 11.3 Å². The van der Waals surface area contributed by atoms with Gasteiger partial charge in [0, 0.05) is 42.1 Å². The fourth-order valence-electron chi connectivity index (χ4n) is 8.15. The largest absolute Gasteiger partial charge is 0.454 e. The Bertz CT molecular complexity index is 2560. The van der Waals surface area contributed by atoms with E-state index in [1.165, 1.54) is 76.5 Å². The van der Waals surface area contributed by atoms with Gasteiger partial charge in [0.25, 0.3) is 6.47 Å². The van der Waals surface area contributed by atoms with Gasteiger partial charge in [-0.2, -0.15) is 4.85 Å². The molecule has 0 saturated carbocycles. The number of benzene rings is 4. The first kappa shape index (κ1) is 30.6. The van der Waals surface area contributed by atoms with Crippen molar-refractivity contribution in [2.75, 3.05) is 0 Å². The highest BCUT2D eigenvalue weighted by Gasteiger charge is 2.36. The Morgan fingerprint density at radius 1 is 0.780 bits per heavy atom. The van der Waals surface area contributed by atoms with Gasteiger partial charge in [0.15, 0.2) is 0 Å². The number of rotatable bonds is 7. The van der Waals surface area contributed by atoms with Crippen LogP contribution in [0, 0.1) is 6.57 Å². The van der Waals surface area contributed by atoms with Crippen LogP contribution in [-0.2, 0) is 27.8 Å². The summed E-state index contributed by atoms with van der Waals surface area (Å²) in [5.41, 5.74) is 14.6. The van der Waals surface area contributed by atoms with E-state index in [1.807, 2.05) is 6.07 Å². The van der Waals surface area contributed by atoms with Crippen molar-refractivity contribution < 1.29 is 9.53 Å². The zero-order chi connectivity index (χ0) is 34.0. The second-order valence-electron chi connectivity index (χ2n) is 13.4. The molecule has 4 aromatic carbocycles. The molecular formula is C44H32N2O2S2. The number of fused-ring (bicyclic) bond motifs is 3. The Labute approximate surface area is 299 Å². The van der Waals surface area contributed by atoms with Crippen LogP contribution in [0.2, 0.25) is 0 Å². The van der Waals surface area contributed by atoms with Gasteiger partial charge in [-0.1, -0.05) is 80.6 Å². The first-order valence-electron chi connectivity index (χ1n) is 16.9. The van der Waals surface area contributed by atoms with E-state index in [1.54, 1.807) is 28.7 Å². The second kappa shape index (κ2) is 11.8. The van der Waals surface area contributed by atoms with Gasteiger partial charge in [0.2, 0.25) is 0 Å². The lowest BCUT2D eigenvalue weighted by atomic mass is 9.82. The number of hydrogen-bond acceptors (Lipinski definition) is 4. The van der Waals surface area contributed by atoms with Gasteiger partial charge in [-0.15, -0.1) is 22.7 Å². The molecular weight excluding hydrogens is 653 g/mol. The molecule has 2 aliphatic rings. The van der Waals surface area contributed by atoms with E-state index in [0.717, 1.165) is 29.0 Å². The maximum absolute atomic E-state index is 10.8. The zero-order valence-corrected chi connectivity index (χ0v) is 29.3. The van der Waals surface area contributed by atoms with Gasteiger partial charge in [-0.3, -0.25) is 4.79 Å². The van der Waals surface area contributed by atoms with Crippen molar-refractivity contribution in [1.82, 2.24) is 4.57 Å². The van der Waals surface area contributed by atoms with E-state index in [-0.39, 0.29) is 11.3 Å². The standard InChI is InChI=1S/C44H32N2O2S2/c1-44(2)35-15-8-7-12-30(35)31-18-16-28(24-36(31)44)46-37-20-19-32(33-13-9-14-34(42(33)37)43(46)27-10-5-4-6-11-27)38-22-23-40(50-38)39-21-17-29(49-39)25-41(45-3)48-26-47/h4-8,10-12,15-26H,9,13-14H2,1-2H3/b41-25+. The van der Waals surface area contributed by atoms with Crippen LogP contribution in [0.1, 0.15) is 47.4 Å². The van der Waals surface area contributed by atoms with Crippen LogP contribution in [0.4, 0.5) is 0 Å². The predicted molar refractivity (Wildman–Crippen MR) is 207 cm³/mol. The maximum Gasteiger partial charge on any atom is 0.349 e. The highest BCUT2D eigenvalue weighted by Crippen LogP contribution is 2.51. The summed E-state index contributed by atoms with van der Waals surface area (Å²) < 4.78 is 7.32. The van der Waals surface area contributed by atoms with Gasteiger partial charge in [-0.05, 0) is 106 Å². The molecule has 0 bridgehead atoms. The summed E-state index contributed by atoms with van der Waals surface area (Å²) in [5, 5.41) is 1.40. The van der Waals surface area contributed by atoms with Crippen molar-refractivity contribution in [3.63, 3.8) is 0 Å². The van der Waals surface area contributed by atoms with Crippen LogP contribution in [0.3, 0.4) is 0 Å². The third-order valence-corrected chi connectivity index (χ3v) is 12.7. The number of carbonyl (C=O) groups excluding carboxylic acids is 1. The van der Waals surface area contributed by atoms with Crippen LogP contribution >= 0.6 is 22.7 Å². The average molecular weight is 685 g/mol. The Morgan fingerprint density at radius 3 is 2.34 bits per heavy atom. The summed E-state index contributed by atoms with van der Waals surface area (Å²) >= 11 is 3.39. The number of aryl methyl sites for hydroxylation is 2. The molecule has 0 amide bonds. The van der Waals surface area contributed by atoms with Gasteiger partial charge in [0.1, 0.15) is 0 Å². The summed E-state index contributed by atoms with van der Waals surface area (Å²) in [5.74, 6) is -0.0287. The summed E-state index contributed by atoms with van der Waals surface area (Å²) in [6, 6.07) is 40.0. The molecule has 3 aromatic heterocycles. The van der Waals surface area contributed by atoms with Gasteiger partial charge < -0.3 is 9.30 Å². The van der Waals surface area contributed by atoms with Crippen molar-refractivity contribution >= 4 is 46.1 Å². The molecule has 0 unspecified atom stereocenters. The fourth-order valence-corrected chi connectivity index (χ4v) is 10.2. The molecule has 7 aromatic rings. The molecule has 0 N–H and O–H groups in total. The third kappa shape index (κ3) is 4.73. The molecule has 4 nitrogen and oxygen atoms in total. The van der Waals surface area contributed by atoms with E-state index < -0.39 is 0 Å². The Balaban J connectivity index is 1.19. The SMILES string of the molecule is [C-]#[N+]/C(=C\c1ccc(-c2ccc(-c3ccc4c5c3CCCc5c(-c3ccccc3)n4-c3ccc4c(c3)C(C)(C)c3ccccc3-4)s2)s1)OC=O. The Kier molecular flexibility index (Phi) is 7.24. The number of thiophene rings is 2. The number of carbonyl (C=O) groups is 1. The number of nitrogens with zero attached hydrogens (tertiary/aromatic N) is 2. The van der Waals surface area contributed by atoms with Crippen molar-refractivity contribution in [2.45, 2.75) is 38.5 Å². The molecule has 0 atom stereocenters. The topological polar surface area (TPSA) is 35.6 Å². The summed E-state index contributed by atoms with van der Waals surface area (Å²) in [6.45, 7) is 12.3. The molecule has 9 rings (SSSR count). The van der Waals surface area contributed by atoms with Crippen molar-refractivity contribution in [1.29, 1.82) is 0 Å². The molecule has 0 fully saturated rings. The second-order valence-corrected chi connectivity index (χ2v) is 15.6. The van der Waals surface area contributed by atoms with E-state index in [0.29, 0.717) is 6.47 Å². The van der Waals surface area contributed by atoms with Crippen LogP contribution in [-0.4, -0.2) is 11.0 Å². The van der Waals surface area contributed by atoms with E-state index in [2.05, 4.69) is 126 Å². The summed E-state index contributed by atoms with van der Waals surface area (Å²) in [7, 11) is 0. The van der Waals surface area contributed by atoms with Crippen LogP contribution in [0.5, 0.6) is 0 Å². The minimum Gasteiger partial charge on any atom is -0.454 e. The number of aromatic nitrogens is 1. The first-order chi connectivity index (χ1) is 24.5. The number of ether oxygens (including phenoxy) is 1. The Hall–Kier alpha value is -5.48. The third-order valence-electron chi connectivity index (χ3n) is 10.4. The lowest BCUT2D eigenvalue weighted by Gasteiger charge is -2.22. The number of hydrogen-bond donors (Lipinski definition) is 0. The zero-order valence-electron chi connectivity index (χ0n) is 27.7. The van der Waals surface area contributed by atoms with Gasteiger partial charge in [-0.25, -0.2) is 0 Å². The lowest BCUT2D eigenvalue weighted by molar-refractivity contribution is -0.124. The Morgan fingerprint density at radius 2 is 1.50 bits per heavy atom. The van der Waals surface area contributed by atoms with Gasteiger partial charge in [0.05, 0.1) is 17.8 Å². The minimum atomic E-state index is -0.0774. The molecule has 242 valence electrons. The molecule has 3 heterocycles. The van der Waals surface area contributed by atoms with E-state index in [9.17, 15) is 4.79 Å².